The molecule has 1 aromatic carbocycles. The van der Waals surface area contributed by atoms with Gasteiger partial charge in [-0.1, -0.05) is 37.5 Å². The van der Waals surface area contributed by atoms with E-state index in [1.54, 1.807) is 0 Å². The minimum Gasteiger partial charge on any atom is -0.480 e. The summed E-state index contributed by atoms with van der Waals surface area (Å²) in [6, 6.07) is 7.84. The molecule has 1 heterocycles. The first-order chi connectivity index (χ1) is 10.8. The molecular formula is C18H25NO3. The van der Waals surface area contributed by atoms with E-state index in [2.05, 4.69) is 5.32 Å². The first-order valence-electron chi connectivity index (χ1n) is 8.47. The molecular weight excluding hydrogens is 278 g/mol. The van der Waals surface area contributed by atoms with Gasteiger partial charge in [0.2, 0.25) is 0 Å². The summed E-state index contributed by atoms with van der Waals surface area (Å²) in [7, 11) is 0. The number of para-hydroxylation sites is 1. The lowest BCUT2D eigenvalue weighted by Gasteiger charge is -2.22. The molecule has 0 aromatic heterocycles. The summed E-state index contributed by atoms with van der Waals surface area (Å²) < 4.78 is 11.5. The normalized spacial score (nSPS) is 21.2. The van der Waals surface area contributed by atoms with Gasteiger partial charge >= 0.3 is 0 Å². The molecule has 0 spiro atoms. The van der Waals surface area contributed by atoms with Crippen LogP contribution in [0.2, 0.25) is 0 Å². The standard InChI is InChI=1S/C18H25NO3/c20-18(17-13-14-7-4-5-10-16(14)22-17)19-11-6-12-21-15-8-2-1-3-9-15/h4-5,7,10,15,17H,1-3,6,8-9,11-13H2,(H,19,20). The monoisotopic (exact) mass is 303 g/mol. The summed E-state index contributed by atoms with van der Waals surface area (Å²) in [6.07, 6.45) is 7.92. The van der Waals surface area contributed by atoms with Crippen molar-refractivity contribution >= 4 is 5.91 Å². The highest BCUT2D eigenvalue weighted by Crippen LogP contribution is 2.28. The van der Waals surface area contributed by atoms with Gasteiger partial charge in [-0.15, -0.1) is 0 Å². The van der Waals surface area contributed by atoms with Gasteiger partial charge < -0.3 is 14.8 Å². The van der Waals surface area contributed by atoms with Gasteiger partial charge in [-0.05, 0) is 30.9 Å². The maximum atomic E-state index is 12.1. The largest absolute Gasteiger partial charge is 0.480 e. The molecule has 1 aromatic rings. The Balaban J connectivity index is 1.30. The highest BCUT2D eigenvalue weighted by atomic mass is 16.5. The predicted molar refractivity (Wildman–Crippen MR) is 85.0 cm³/mol. The third-order valence-electron chi connectivity index (χ3n) is 4.47. The maximum Gasteiger partial charge on any atom is 0.261 e. The molecule has 1 N–H and O–H groups in total. The van der Waals surface area contributed by atoms with Crippen LogP contribution >= 0.6 is 0 Å². The molecule has 0 bridgehead atoms. The SMILES string of the molecule is O=C(NCCCOC1CCCCC1)C1Cc2ccccc2O1. The van der Waals surface area contributed by atoms with Crippen LogP contribution in [0, 0.1) is 0 Å². The highest BCUT2D eigenvalue weighted by Gasteiger charge is 2.28. The lowest BCUT2D eigenvalue weighted by Crippen LogP contribution is -2.38. The Morgan fingerprint density at radius 2 is 2.05 bits per heavy atom. The quantitative estimate of drug-likeness (QED) is 0.822. The first-order valence-corrected chi connectivity index (χ1v) is 8.47. The zero-order valence-electron chi connectivity index (χ0n) is 13.1. The molecule has 22 heavy (non-hydrogen) atoms. The Labute approximate surface area is 132 Å². The number of ether oxygens (including phenoxy) is 2. The van der Waals surface area contributed by atoms with Crippen LogP contribution in [0.25, 0.3) is 0 Å². The minimum absolute atomic E-state index is 0.0196. The van der Waals surface area contributed by atoms with E-state index in [1.807, 2.05) is 24.3 Å². The van der Waals surface area contributed by atoms with Gasteiger partial charge in [0.05, 0.1) is 6.10 Å². The second kappa shape index (κ2) is 7.63. The molecule has 1 unspecified atom stereocenters. The number of carbonyl (C=O) groups is 1. The fourth-order valence-electron chi connectivity index (χ4n) is 3.21. The Kier molecular flexibility index (Phi) is 5.33. The van der Waals surface area contributed by atoms with E-state index in [1.165, 1.54) is 32.1 Å². The molecule has 4 nitrogen and oxygen atoms in total. The summed E-state index contributed by atoms with van der Waals surface area (Å²) in [5, 5.41) is 2.95. The van der Waals surface area contributed by atoms with Crippen molar-refractivity contribution in [2.24, 2.45) is 0 Å². The zero-order chi connectivity index (χ0) is 15.2. The number of rotatable bonds is 6. The maximum absolute atomic E-state index is 12.1. The van der Waals surface area contributed by atoms with Crippen molar-refractivity contribution in [2.45, 2.75) is 57.2 Å². The van der Waals surface area contributed by atoms with Crippen LogP contribution in [0.5, 0.6) is 5.75 Å². The van der Waals surface area contributed by atoms with E-state index in [9.17, 15) is 4.79 Å². The number of amides is 1. The van der Waals surface area contributed by atoms with Gasteiger partial charge in [0.1, 0.15) is 5.75 Å². The number of benzene rings is 1. The van der Waals surface area contributed by atoms with E-state index < -0.39 is 0 Å². The van der Waals surface area contributed by atoms with Crippen LogP contribution < -0.4 is 10.1 Å². The van der Waals surface area contributed by atoms with Crippen LogP contribution in [0.4, 0.5) is 0 Å². The Morgan fingerprint density at radius 3 is 2.86 bits per heavy atom. The highest BCUT2D eigenvalue weighted by molar-refractivity contribution is 5.82. The van der Waals surface area contributed by atoms with Gasteiger partial charge in [0, 0.05) is 19.6 Å². The van der Waals surface area contributed by atoms with Crippen LogP contribution in [-0.2, 0) is 16.0 Å². The fourth-order valence-corrected chi connectivity index (χ4v) is 3.21. The lowest BCUT2D eigenvalue weighted by atomic mass is 9.98. The second-order valence-electron chi connectivity index (χ2n) is 6.19. The molecule has 3 rings (SSSR count). The molecule has 2 aliphatic rings. The molecule has 0 radical (unpaired) electrons. The molecule has 1 atom stereocenters. The summed E-state index contributed by atoms with van der Waals surface area (Å²) in [5.41, 5.74) is 1.11. The summed E-state index contributed by atoms with van der Waals surface area (Å²) in [5.74, 6) is 0.817. The Morgan fingerprint density at radius 1 is 1.23 bits per heavy atom. The van der Waals surface area contributed by atoms with Gasteiger partial charge in [0.25, 0.3) is 5.91 Å². The fraction of sp³-hybridized carbons (Fsp3) is 0.611. The number of nitrogens with one attached hydrogen (secondary N) is 1. The molecule has 120 valence electrons. The van der Waals surface area contributed by atoms with Gasteiger partial charge in [-0.25, -0.2) is 0 Å². The van der Waals surface area contributed by atoms with Crippen molar-refractivity contribution in [1.82, 2.24) is 5.32 Å². The van der Waals surface area contributed by atoms with Crippen molar-refractivity contribution in [3.05, 3.63) is 29.8 Å². The average Bonchev–Trinajstić information content (AvgIpc) is 2.99. The minimum atomic E-state index is -0.378. The number of hydrogen-bond acceptors (Lipinski definition) is 3. The van der Waals surface area contributed by atoms with Gasteiger partial charge in [0.15, 0.2) is 6.10 Å². The zero-order valence-corrected chi connectivity index (χ0v) is 13.1. The van der Waals surface area contributed by atoms with Gasteiger partial charge in [-0.3, -0.25) is 4.79 Å². The third kappa shape index (κ3) is 4.01. The molecule has 1 saturated carbocycles. The lowest BCUT2D eigenvalue weighted by molar-refractivity contribution is -0.127. The Bertz CT molecular complexity index is 472. The number of carbonyl (C=O) groups excluding carboxylic acids is 1. The van der Waals surface area contributed by atoms with E-state index >= 15 is 0 Å². The van der Waals surface area contributed by atoms with Crippen molar-refractivity contribution in [3.8, 4) is 5.75 Å². The van der Waals surface area contributed by atoms with Crippen LogP contribution in [-0.4, -0.2) is 31.3 Å². The molecule has 1 aliphatic carbocycles. The van der Waals surface area contributed by atoms with Crippen LogP contribution in [0.3, 0.4) is 0 Å². The second-order valence-corrected chi connectivity index (χ2v) is 6.19. The number of hydrogen-bond donors (Lipinski definition) is 1. The molecule has 0 saturated heterocycles. The summed E-state index contributed by atoms with van der Waals surface area (Å²) in [4.78, 5) is 12.1. The first kappa shape index (κ1) is 15.3. The number of fused-ring (bicyclic) bond motifs is 1. The van der Waals surface area contributed by atoms with E-state index in [-0.39, 0.29) is 12.0 Å². The summed E-state index contributed by atoms with van der Waals surface area (Å²) in [6.45, 7) is 1.39. The summed E-state index contributed by atoms with van der Waals surface area (Å²) >= 11 is 0. The molecule has 1 amide bonds. The van der Waals surface area contributed by atoms with E-state index in [0.29, 0.717) is 19.1 Å². The van der Waals surface area contributed by atoms with Crippen molar-refractivity contribution in [1.29, 1.82) is 0 Å². The van der Waals surface area contributed by atoms with Crippen LogP contribution in [0.1, 0.15) is 44.1 Å². The van der Waals surface area contributed by atoms with Crippen molar-refractivity contribution < 1.29 is 14.3 Å². The molecule has 1 aliphatic heterocycles. The Hall–Kier alpha value is -1.55. The third-order valence-corrected chi connectivity index (χ3v) is 4.47. The van der Waals surface area contributed by atoms with Gasteiger partial charge in [-0.2, -0.15) is 0 Å². The van der Waals surface area contributed by atoms with E-state index in [4.69, 9.17) is 9.47 Å². The molecule has 1 fully saturated rings. The van der Waals surface area contributed by atoms with Crippen LogP contribution in [0.15, 0.2) is 24.3 Å². The molecule has 4 heteroatoms. The topological polar surface area (TPSA) is 47.6 Å². The predicted octanol–water partition coefficient (Wildman–Crippen LogP) is 2.85. The van der Waals surface area contributed by atoms with Crippen molar-refractivity contribution in [2.75, 3.05) is 13.2 Å². The smallest absolute Gasteiger partial charge is 0.261 e. The van der Waals surface area contributed by atoms with Crippen molar-refractivity contribution in [3.63, 3.8) is 0 Å². The average molecular weight is 303 g/mol. The van der Waals surface area contributed by atoms with E-state index in [0.717, 1.165) is 24.3 Å².